The average Bonchev–Trinajstić information content (AvgIpc) is 3.18. The number of pyridine rings is 1. The van der Waals surface area contributed by atoms with E-state index in [0.29, 0.717) is 18.7 Å². The van der Waals surface area contributed by atoms with Crippen LogP contribution >= 0.6 is 0 Å². The Balaban J connectivity index is 1.46. The summed E-state index contributed by atoms with van der Waals surface area (Å²) in [4.78, 5) is 16.4. The fourth-order valence-corrected chi connectivity index (χ4v) is 2.50. The van der Waals surface area contributed by atoms with Gasteiger partial charge in [-0.05, 0) is 36.6 Å². The van der Waals surface area contributed by atoms with Crippen molar-refractivity contribution >= 4 is 11.6 Å². The Hall–Kier alpha value is -3.08. The highest BCUT2D eigenvalue weighted by atomic mass is 16.3. The van der Waals surface area contributed by atoms with Gasteiger partial charge in [0.2, 0.25) is 0 Å². The molecule has 0 atom stereocenters. The topological polar surface area (TPSA) is 67.2 Å². The molecule has 5 heteroatoms. The normalized spacial score (nSPS) is 10.4. The van der Waals surface area contributed by atoms with Crippen molar-refractivity contribution in [3.8, 4) is 0 Å². The molecule has 0 radical (unpaired) electrons. The van der Waals surface area contributed by atoms with Crippen molar-refractivity contribution < 1.29 is 9.21 Å². The number of carbonyl (C=O) groups is 1. The summed E-state index contributed by atoms with van der Waals surface area (Å²) < 4.78 is 5.27. The van der Waals surface area contributed by atoms with Crippen LogP contribution < -0.4 is 10.6 Å². The first kappa shape index (κ1) is 16.8. The van der Waals surface area contributed by atoms with E-state index in [1.165, 1.54) is 5.56 Å². The quantitative estimate of drug-likeness (QED) is 0.617. The zero-order valence-corrected chi connectivity index (χ0v) is 13.9. The van der Waals surface area contributed by atoms with Crippen LogP contribution in [0.5, 0.6) is 0 Å². The lowest BCUT2D eigenvalue weighted by Crippen LogP contribution is -2.25. The van der Waals surface area contributed by atoms with E-state index >= 15 is 0 Å². The molecular formula is C20H21N3O2. The van der Waals surface area contributed by atoms with Crippen LogP contribution in [0, 0.1) is 0 Å². The van der Waals surface area contributed by atoms with E-state index in [-0.39, 0.29) is 5.91 Å². The van der Waals surface area contributed by atoms with Gasteiger partial charge in [-0.3, -0.25) is 9.78 Å². The second kappa shape index (κ2) is 8.68. The van der Waals surface area contributed by atoms with Crippen LogP contribution in [0.15, 0.2) is 71.6 Å². The van der Waals surface area contributed by atoms with Crippen molar-refractivity contribution in [2.75, 3.05) is 11.9 Å². The molecule has 3 aromatic rings. The summed E-state index contributed by atoms with van der Waals surface area (Å²) in [6.45, 7) is 1.19. The maximum Gasteiger partial charge on any atom is 0.252 e. The van der Waals surface area contributed by atoms with Crippen molar-refractivity contribution in [1.82, 2.24) is 10.3 Å². The first-order chi connectivity index (χ1) is 12.3. The maximum atomic E-state index is 12.2. The third-order valence-corrected chi connectivity index (χ3v) is 3.82. The molecule has 1 aromatic carbocycles. The molecule has 0 spiro atoms. The molecular weight excluding hydrogens is 314 g/mol. The van der Waals surface area contributed by atoms with Gasteiger partial charge in [-0.1, -0.05) is 30.3 Å². The molecule has 2 N–H and O–H groups in total. The molecule has 0 bridgehead atoms. The minimum atomic E-state index is -0.109. The van der Waals surface area contributed by atoms with Gasteiger partial charge in [0.25, 0.3) is 5.91 Å². The van der Waals surface area contributed by atoms with Crippen LogP contribution in [0.1, 0.15) is 28.1 Å². The van der Waals surface area contributed by atoms with Crippen molar-refractivity contribution in [3.63, 3.8) is 0 Å². The number of amides is 1. The van der Waals surface area contributed by atoms with Crippen molar-refractivity contribution in [2.24, 2.45) is 0 Å². The van der Waals surface area contributed by atoms with Gasteiger partial charge in [0.1, 0.15) is 5.76 Å². The molecule has 128 valence electrons. The van der Waals surface area contributed by atoms with Crippen molar-refractivity contribution in [1.29, 1.82) is 0 Å². The van der Waals surface area contributed by atoms with E-state index in [1.807, 2.05) is 30.3 Å². The average molecular weight is 335 g/mol. The Kier molecular flexibility index (Phi) is 5.82. The molecule has 0 aliphatic carbocycles. The van der Waals surface area contributed by atoms with Crippen LogP contribution in [-0.2, 0) is 13.0 Å². The fraction of sp³-hybridized carbons (Fsp3) is 0.200. The third kappa shape index (κ3) is 5.21. The van der Waals surface area contributed by atoms with E-state index < -0.39 is 0 Å². The number of aromatic nitrogens is 1. The number of hydrogen-bond donors (Lipinski definition) is 2. The molecule has 25 heavy (non-hydrogen) atoms. The van der Waals surface area contributed by atoms with Gasteiger partial charge in [0, 0.05) is 18.9 Å². The highest BCUT2D eigenvalue weighted by Gasteiger charge is 2.07. The van der Waals surface area contributed by atoms with E-state index in [1.54, 1.807) is 24.7 Å². The van der Waals surface area contributed by atoms with Gasteiger partial charge in [-0.25, -0.2) is 0 Å². The summed E-state index contributed by atoms with van der Waals surface area (Å²) in [5, 5.41) is 6.14. The van der Waals surface area contributed by atoms with Crippen LogP contribution in [-0.4, -0.2) is 17.4 Å². The highest BCUT2D eigenvalue weighted by Crippen LogP contribution is 2.11. The lowest BCUT2D eigenvalue weighted by atomic mass is 10.1. The summed E-state index contributed by atoms with van der Waals surface area (Å²) in [5.41, 5.74) is 2.61. The van der Waals surface area contributed by atoms with Crippen molar-refractivity contribution in [3.05, 3.63) is 84.1 Å². The molecule has 5 nitrogen and oxygen atoms in total. The molecule has 0 aliphatic heterocycles. The number of aryl methyl sites for hydroxylation is 1. The minimum Gasteiger partial charge on any atom is -0.467 e. The second-order valence-corrected chi connectivity index (χ2v) is 5.74. The monoisotopic (exact) mass is 335 g/mol. The predicted octanol–water partition coefficient (Wildman–Crippen LogP) is 3.65. The smallest absolute Gasteiger partial charge is 0.252 e. The molecule has 2 aromatic heterocycles. The Morgan fingerprint density at radius 2 is 1.96 bits per heavy atom. The lowest BCUT2D eigenvalue weighted by molar-refractivity contribution is 0.0953. The molecule has 0 aliphatic rings. The van der Waals surface area contributed by atoms with E-state index in [0.717, 1.165) is 24.3 Å². The van der Waals surface area contributed by atoms with Crippen LogP contribution in [0.3, 0.4) is 0 Å². The Morgan fingerprint density at radius 3 is 2.76 bits per heavy atom. The molecule has 1 amide bonds. The zero-order valence-electron chi connectivity index (χ0n) is 13.9. The number of rotatable bonds is 8. The lowest BCUT2D eigenvalue weighted by Gasteiger charge is -2.08. The number of nitrogens with zero attached hydrogens (tertiary/aromatic N) is 1. The summed E-state index contributed by atoms with van der Waals surface area (Å²) in [5.74, 6) is 0.720. The van der Waals surface area contributed by atoms with E-state index in [9.17, 15) is 4.79 Å². The maximum absolute atomic E-state index is 12.2. The van der Waals surface area contributed by atoms with Gasteiger partial charge >= 0.3 is 0 Å². The molecule has 0 saturated carbocycles. The zero-order chi connectivity index (χ0) is 17.3. The Labute approximate surface area is 147 Å². The fourth-order valence-electron chi connectivity index (χ4n) is 2.50. The predicted molar refractivity (Wildman–Crippen MR) is 97.4 cm³/mol. The standard InChI is InChI=1S/C20H21N3O2/c24-20(22-10-4-8-16-6-2-1-3-7-16)17-12-18(14-21-13-17)23-15-19-9-5-11-25-19/h1-3,5-7,9,11-14,23H,4,8,10,15H2,(H,22,24). The number of nitrogens with one attached hydrogen (secondary N) is 2. The largest absolute Gasteiger partial charge is 0.467 e. The molecule has 0 saturated heterocycles. The first-order valence-corrected chi connectivity index (χ1v) is 8.35. The molecule has 3 rings (SSSR count). The van der Waals surface area contributed by atoms with Crippen LogP contribution in [0.2, 0.25) is 0 Å². The van der Waals surface area contributed by atoms with Gasteiger partial charge in [0.15, 0.2) is 0 Å². The molecule has 0 fully saturated rings. The summed E-state index contributed by atoms with van der Waals surface area (Å²) in [7, 11) is 0. The number of furan rings is 1. The molecule has 0 unspecified atom stereocenters. The van der Waals surface area contributed by atoms with E-state index in [2.05, 4.69) is 27.8 Å². The SMILES string of the molecule is O=C(NCCCc1ccccc1)c1cncc(NCc2ccco2)c1. The third-order valence-electron chi connectivity index (χ3n) is 3.82. The first-order valence-electron chi connectivity index (χ1n) is 8.35. The highest BCUT2D eigenvalue weighted by molar-refractivity contribution is 5.94. The van der Waals surface area contributed by atoms with Gasteiger partial charge in [-0.15, -0.1) is 0 Å². The summed E-state index contributed by atoms with van der Waals surface area (Å²) in [6.07, 6.45) is 6.75. The van der Waals surface area contributed by atoms with Crippen molar-refractivity contribution in [2.45, 2.75) is 19.4 Å². The molecule has 2 heterocycles. The van der Waals surface area contributed by atoms with Gasteiger partial charge in [0.05, 0.1) is 24.1 Å². The number of hydrogen-bond acceptors (Lipinski definition) is 4. The van der Waals surface area contributed by atoms with Crippen LogP contribution in [0.25, 0.3) is 0 Å². The van der Waals surface area contributed by atoms with Crippen LogP contribution in [0.4, 0.5) is 5.69 Å². The number of carbonyl (C=O) groups excluding carboxylic acids is 1. The number of benzene rings is 1. The van der Waals surface area contributed by atoms with E-state index in [4.69, 9.17) is 4.42 Å². The minimum absolute atomic E-state index is 0.109. The van der Waals surface area contributed by atoms with Gasteiger partial charge in [-0.2, -0.15) is 0 Å². The Morgan fingerprint density at radius 1 is 1.08 bits per heavy atom. The number of anilines is 1. The van der Waals surface area contributed by atoms with Gasteiger partial charge < -0.3 is 15.1 Å². The second-order valence-electron chi connectivity index (χ2n) is 5.74. The summed E-state index contributed by atoms with van der Waals surface area (Å²) >= 11 is 0. The Bertz CT molecular complexity index is 786. The summed E-state index contributed by atoms with van der Waals surface area (Å²) in [6, 6.07) is 15.8.